The fraction of sp³-hybridized carbons (Fsp3) is 0.167. The van der Waals surface area contributed by atoms with Crippen molar-refractivity contribution in [3.8, 4) is 11.1 Å². The Kier molecular flexibility index (Phi) is 4.72. The van der Waals surface area contributed by atoms with Gasteiger partial charge in [-0.1, -0.05) is 61.2 Å². The summed E-state index contributed by atoms with van der Waals surface area (Å²) in [6.45, 7) is 6.23. The summed E-state index contributed by atoms with van der Waals surface area (Å²) >= 11 is 0. The predicted octanol–water partition coefficient (Wildman–Crippen LogP) is 4.32. The fourth-order valence-corrected chi connectivity index (χ4v) is 2.14. The van der Waals surface area contributed by atoms with Gasteiger partial charge >= 0.3 is 5.97 Å². The maximum absolute atomic E-state index is 11.6. The largest absolute Gasteiger partial charge is 0.466 e. The first-order chi connectivity index (χ1) is 9.72. The second-order valence-electron chi connectivity index (χ2n) is 4.50. The van der Waals surface area contributed by atoms with Crippen LogP contribution in [-0.2, 0) is 9.53 Å². The van der Waals surface area contributed by atoms with Gasteiger partial charge in [0.1, 0.15) is 0 Å². The van der Waals surface area contributed by atoms with E-state index in [0.29, 0.717) is 6.61 Å². The van der Waals surface area contributed by atoms with Crippen LogP contribution >= 0.6 is 0 Å². The Morgan fingerprint density at radius 1 is 1.05 bits per heavy atom. The summed E-state index contributed by atoms with van der Waals surface area (Å²) in [5.41, 5.74) is 3.98. The lowest BCUT2D eigenvalue weighted by Crippen LogP contribution is -2.04. The molecule has 0 aromatic heterocycles. The number of carbonyl (C=O) groups is 1. The quantitative estimate of drug-likeness (QED) is 0.753. The molecule has 0 amide bonds. The Labute approximate surface area is 119 Å². The van der Waals surface area contributed by atoms with Crippen molar-refractivity contribution in [2.45, 2.75) is 13.3 Å². The van der Waals surface area contributed by atoms with Gasteiger partial charge in [0.05, 0.1) is 13.0 Å². The molecule has 0 saturated heterocycles. The van der Waals surface area contributed by atoms with Crippen molar-refractivity contribution in [2.75, 3.05) is 6.61 Å². The first-order valence-electron chi connectivity index (χ1n) is 6.70. The maximum atomic E-state index is 11.6. The summed E-state index contributed by atoms with van der Waals surface area (Å²) in [6, 6.07) is 18.1. The van der Waals surface area contributed by atoms with E-state index < -0.39 is 0 Å². The summed E-state index contributed by atoms with van der Waals surface area (Å²) in [7, 11) is 0. The standard InChI is InChI=1S/C18H18O2/c1-3-20-18(19)13-14(2)16-11-7-8-12-17(16)15-9-5-4-6-10-15/h4-12H,2-3,13H2,1H3. The molecule has 2 aromatic rings. The Morgan fingerprint density at radius 3 is 2.40 bits per heavy atom. The Balaban J connectivity index is 2.29. The number of hydrogen-bond donors (Lipinski definition) is 0. The zero-order chi connectivity index (χ0) is 14.4. The minimum Gasteiger partial charge on any atom is -0.466 e. The number of esters is 1. The number of carbonyl (C=O) groups excluding carboxylic acids is 1. The highest BCUT2D eigenvalue weighted by molar-refractivity contribution is 5.89. The third-order valence-electron chi connectivity index (χ3n) is 3.06. The van der Waals surface area contributed by atoms with Gasteiger partial charge in [0.25, 0.3) is 0 Å². The monoisotopic (exact) mass is 266 g/mol. The molecule has 2 aromatic carbocycles. The topological polar surface area (TPSA) is 26.3 Å². The van der Waals surface area contributed by atoms with Gasteiger partial charge in [0.15, 0.2) is 0 Å². The minimum atomic E-state index is -0.236. The van der Waals surface area contributed by atoms with Gasteiger partial charge in [0, 0.05) is 0 Å². The number of rotatable bonds is 5. The third-order valence-corrected chi connectivity index (χ3v) is 3.06. The zero-order valence-electron chi connectivity index (χ0n) is 11.6. The average molecular weight is 266 g/mol. The number of hydrogen-bond acceptors (Lipinski definition) is 2. The third kappa shape index (κ3) is 3.35. The van der Waals surface area contributed by atoms with Gasteiger partial charge in [-0.05, 0) is 29.2 Å². The highest BCUT2D eigenvalue weighted by Crippen LogP contribution is 2.29. The van der Waals surface area contributed by atoms with Crippen molar-refractivity contribution in [1.82, 2.24) is 0 Å². The molecule has 0 radical (unpaired) electrons. The van der Waals surface area contributed by atoms with Gasteiger partial charge in [-0.25, -0.2) is 0 Å². The Morgan fingerprint density at radius 2 is 1.70 bits per heavy atom. The van der Waals surface area contributed by atoms with Crippen molar-refractivity contribution >= 4 is 11.5 Å². The molecular formula is C18H18O2. The Hall–Kier alpha value is -2.35. The fourth-order valence-electron chi connectivity index (χ4n) is 2.14. The highest BCUT2D eigenvalue weighted by atomic mass is 16.5. The molecule has 0 unspecified atom stereocenters. The van der Waals surface area contributed by atoms with Crippen LogP contribution in [0.1, 0.15) is 18.9 Å². The molecule has 2 heteroatoms. The van der Waals surface area contributed by atoms with E-state index in [9.17, 15) is 4.79 Å². The molecule has 0 aliphatic heterocycles. The summed E-state index contributed by atoms with van der Waals surface area (Å²) in [5, 5.41) is 0. The molecule has 0 atom stereocenters. The van der Waals surface area contributed by atoms with E-state index in [-0.39, 0.29) is 12.4 Å². The average Bonchev–Trinajstić information content (AvgIpc) is 2.48. The molecule has 0 heterocycles. The lowest BCUT2D eigenvalue weighted by atomic mass is 9.94. The summed E-state index contributed by atoms with van der Waals surface area (Å²) in [4.78, 5) is 11.6. The molecule has 0 fully saturated rings. The Bertz CT molecular complexity index is 600. The van der Waals surface area contributed by atoms with E-state index in [0.717, 1.165) is 22.3 Å². The summed E-state index contributed by atoms with van der Waals surface area (Å²) in [5.74, 6) is -0.236. The van der Waals surface area contributed by atoms with E-state index in [1.807, 2.05) is 42.5 Å². The van der Waals surface area contributed by atoms with Crippen LogP contribution in [-0.4, -0.2) is 12.6 Å². The second-order valence-corrected chi connectivity index (χ2v) is 4.50. The summed E-state index contributed by atoms with van der Waals surface area (Å²) < 4.78 is 4.98. The minimum absolute atomic E-state index is 0.220. The molecule has 0 spiro atoms. The van der Waals surface area contributed by atoms with E-state index in [1.54, 1.807) is 6.92 Å². The first-order valence-corrected chi connectivity index (χ1v) is 6.70. The van der Waals surface area contributed by atoms with Crippen LogP contribution in [0.3, 0.4) is 0 Å². The second kappa shape index (κ2) is 6.71. The van der Waals surface area contributed by atoms with Gasteiger partial charge in [-0.15, -0.1) is 0 Å². The SMILES string of the molecule is C=C(CC(=O)OCC)c1ccccc1-c1ccccc1. The van der Waals surface area contributed by atoms with E-state index >= 15 is 0 Å². The van der Waals surface area contributed by atoms with Crippen LogP contribution in [0.5, 0.6) is 0 Å². The normalized spacial score (nSPS) is 10.1. The van der Waals surface area contributed by atoms with E-state index in [2.05, 4.69) is 18.7 Å². The molecule has 2 rings (SSSR count). The van der Waals surface area contributed by atoms with E-state index in [1.165, 1.54) is 0 Å². The van der Waals surface area contributed by atoms with Crippen molar-refractivity contribution in [3.63, 3.8) is 0 Å². The van der Waals surface area contributed by atoms with Crippen LogP contribution < -0.4 is 0 Å². The van der Waals surface area contributed by atoms with E-state index in [4.69, 9.17) is 4.74 Å². The van der Waals surface area contributed by atoms with Crippen LogP contribution in [0, 0.1) is 0 Å². The predicted molar refractivity (Wildman–Crippen MR) is 82.2 cm³/mol. The molecule has 0 aliphatic carbocycles. The van der Waals surface area contributed by atoms with Gasteiger partial charge in [-0.3, -0.25) is 4.79 Å². The van der Waals surface area contributed by atoms with Crippen molar-refractivity contribution < 1.29 is 9.53 Å². The molecule has 102 valence electrons. The summed E-state index contributed by atoms with van der Waals surface area (Å²) in [6.07, 6.45) is 0.220. The molecule has 0 N–H and O–H groups in total. The molecule has 0 saturated carbocycles. The smallest absolute Gasteiger partial charge is 0.310 e. The first kappa shape index (κ1) is 14.1. The van der Waals surface area contributed by atoms with Crippen LogP contribution in [0.25, 0.3) is 16.7 Å². The molecule has 20 heavy (non-hydrogen) atoms. The maximum Gasteiger partial charge on any atom is 0.310 e. The van der Waals surface area contributed by atoms with Crippen molar-refractivity contribution in [2.24, 2.45) is 0 Å². The zero-order valence-corrected chi connectivity index (χ0v) is 11.6. The molecule has 0 aliphatic rings. The van der Waals surface area contributed by atoms with Crippen LogP contribution in [0.2, 0.25) is 0 Å². The molecule has 2 nitrogen and oxygen atoms in total. The lowest BCUT2D eigenvalue weighted by molar-refractivity contribution is -0.141. The van der Waals surface area contributed by atoms with Crippen molar-refractivity contribution in [3.05, 3.63) is 66.7 Å². The van der Waals surface area contributed by atoms with Gasteiger partial charge in [-0.2, -0.15) is 0 Å². The molecule has 0 bridgehead atoms. The van der Waals surface area contributed by atoms with Crippen LogP contribution in [0.15, 0.2) is 61.2 Å². The van der Waals surface area contributed by atoms with Gasteiger partial charge in [0.2, 0.25) is 0 Å². The van der Waals surface area contributed by atoms with Crippen LogP contribution in [0.4, 0.5) is 0 Å². The highest BCUT2D eigenvalue weighted by Gasteiger charge is 2.11. The van der Waals surface area contributed by atoms with Gasteiger partial charge < -0.3 is 4.74 Å². The van der Waals surface area contributed by atoms with Crippen molar-refractivity contribution in [1.29, 1.82) is 0 Å². The lowest BCUT2D eigenvalue weighted by Gasteiger charge is -2.12. The number of ether oxygens (including phenoxy) is 1. The molecular weight excluding hydrogens is 248 g/mol. The number of benzene rings is 2.